The summed E-state index contributed by atoms with van der Waals surface area (Å²) in [4.78, 5) is 1.48. The highest BCUT2D eigenvalue weighted by atomic mass is 35.5. The molecule has 0 fully saturated rings. The first-order valence-corrected chi connectivity index (χ1v) is 7.46. The average molecular weight is 255 g/mol. The first kappa shape index (κ1) is 12.3. The summed E-state index contributed by atoms with van der Waals surface area (Å²) in [5, 5.41) is 0.331. The quantitative estimate of drug-likeness (QED) is 0.688. The summed E-state index contributed by atoms with van der Waals surface area (Å²) >= 11 is 8.31. The molecule has 0 saturated carbocycles. The molecule has 2 rings (SSSR count). The van der Waals surface area contributed by atoms with E-state index in [1.54, 1.807) is 5.56 Å². The van der Waals surface area contributed by atoms with Gasteiger partial charge in [-0.2, -0.15) is 0 Å². The molecule has 2 atom stereocenters. The number of halogens is 1. The van der Waals surface area contributed by atoms with Gasteiger partial charge >= 0.3 is 0 Å². The van der Waals surface area contributed by atoms with Gasteiger partial charge in [0.2, 0.25) is 0 Å². The van der Waals surface area contributed by atoms with Crippen LogP contribution in [0.4, 0.5) is 0 Å². The van der Waals surface area contributed by atoms with Crippen molar-refractivity contribution in [3.63, 3.8) is 0 Å². The van der Waals surface area contributed by atoms with Crippen LogP contribution in [0.15, 0.2) is 29.2 Å². The summed E-state index contributed by atoms with van der Waals surface area (Å²) in [5.41, 5.74) is 1.54. The van der Waals surface area contributed by atoms with Crippen LogP contribution >= 0.6 is 23.4 Å². The molecule has 2 unspecified atom stereocenters. The topological polar surface area (TPSA) is 0 Å². The smallest absolute Gasteiger partial charge is 0.0359 e. The van der Waals surface area contributed by atoms with Crippen molar-refractivity contribution >= 4 is 23.4 Å². The first-order valence-electron chi connectivity index (χ1n) is 6.04. The van der Waals surface area contributed by atoms with Gasteiger partial charge in [0.1, 0.15) is 0 Å². The van der Waals surface area contributed by atoms with Gasteiger partial charge in [-0.3, -0.25) is 0 Å². The Morgan fingerprint density at radius 2 is 2.12 bits per heavy atom. The van der Waals surface area contributed by atoms with Gasteiger partial charge in [0.05, 0.1) is 0 Å². The van der Waals surface area contributed by atoms with E-state index >= 15 is 0 Å². The molecule has 1 aromatic rings. The second-order valence-electron chi connectivity index (χ2n) is 4.88. The zero-order chi connectivity index (χ0) is 11.5. The van der Waals surface area contributed by atoms with Crippen LogP contribution in [0.1, 0.15) is 38.2 Å². The van der Waals surface area contributed by atoms with Gasteiger partial charge in [-0.15, -0.1) is 23.4 Å². The normalized spacial score (nSPS) is 21.1. The Labute approximate surface area is 108 Å². The largest absolute Gasteiger partial charge is 0.125 e. The number of rotatable bonds is 4. The fourth-order valence-corrected chi connectivity index (χ4v) is 3.59. The Bertz CT molecular complexity index is 348. The Morgan fingerprint density at radius 3 is 2.88 bits per heavy atom. The number of hydrogen-bond acceptors (Lipinski definition) is 1. The Hall–Kier alpha value is -0.140. The highest BCUT2D eigenvalue weighted by molar-refractivity contribution is 7.99. The molecule has 1 aliphatic rings. The SMILES string of the molecule is CC(C)C(Cl)CCC1CSc2ccccc21. The van der Waals surface area contributed by atoms with E-state index in [0.29, 0.717) is 11.3 Å². The Balaban J connectivity index is 1.93. The number of benzene rings is 1. The lowest BCUT2D eigenvalue weighted by atomic mass is 9.93. The number of fused-ring (bicyclic) bond motifs is 1. The zero-order valence-electron chi connectivity index (χ0n) is 9.95. The lowest BCUT2D eigenvalue weighted by molar-refractivity contribution is 0.523. The van der Waals surface area contributed by atoms with Gasteiger partial charge in [0, 0.05) is 16.0 Å². The van der Waals surface area contributed by atoms with Gasteiger partial charge < -0.3 is 0 Å². The summed E-state index contributed by atoms with van der Waals surface area (Å²) in [6, 6.07) is 8.80. The van der Waals surface area contributed by atoms with Crippen LogP contribution in [0.25, 0.3) is 0 Å². The van der Waals surface area contributed by atoms with Crippen molar-refractivity contribution in [1.82, 2.24) is 0 Å². The minimum Gasteiger partial charge on any atom is -0.125 e. The zero-order valence-corrected chi connectivity index (χ0v) is 11.5. The fourth-order valence-electron chi connectivity index (χ4n) is 2.16. The van der Waals surface area contributed by atoms with Crippen LogP contribution in [0.5, 0.6) is 0 Å². The predicted molar refractivity (Wildman–Crippen MR) is 73.6 cm³/mol. The van der Waals surface area contributed by atoms with Crippen molar-refractivity contribution in [3.05, 3.63) is 29.8 Å². The van der Waals surface area contributed by atoms with Crippen LogP contribution in [-0.4, -0.2) is 11.1 Å². The van der Waals surface area contributed by atoms with Gasteiger partial charge in [-0.1, -0.05) is 32.0 Å². The standard InChI is InChI=1S/C14H19ClS/c1-10(2)13(15)8-7-11-9-16-14-6-4-3-5-12(11)14/h3-6,10-11,13H,7-9H2,1-2H3. The Morgan fingerprint density at radius 1 is 1.38 bits per heavy atom. The maximum atomic E-state index is 6.31. The molecule has 0 saturated heterocycles. The van der Waals surface area contributed by atoms with Crippen LogP contribution in [-0.2, 0) is 0 Å². The lowest BCUT2D eigenvalue weighted by Gasteiger charge is -2.16. The van der Waals surface area contributed by atoms with E-state index in [2.05, 4.69) is 38.1 Å². The maximum absolute atomic E-state index is 6.31. The fraction of sp³-hybridized carbons (Fsp3) is 0.571. The molecule has 16 heavy (non-hydrogen) atoms. The molecule has 2 heteroatoms. The monoisotopic (exact) mass is 254 g/mol. The second kappa shape index (κ2) is 5.46. The van der Waals surface area contributed by atoms with Crippen molar-refractivity contribution < 1.29 is 0 Å². The van der Waals surface area contributed by atoms with Crippen LogP contribution < -0.4 is 0 Å². The van der Waals surface area contributed by atoms with E-state index in [0.717, 1.165) is 12.3 Å². The molecule has 0 aromatic heterocycles. The van der Waals surface area contributed by atoms with Crippen LogP contribution in [0.3, 0.4) is 0 Å². The van der Waals surface area contributed by atoms with Crippen molar-refractivity contribution in [2.45, 2.75) is 42.9 Å². The molecule has 88 valence electrons. The van der Waals surface area contributed by atoms with Crippen LogP contribution in [0.2, 0.25) is 0 Å². The minimum absolute atomic E-state index is 0.331. The van der Waals surface area contributed by atoms with E-state index < -0.39 is 0 Å². The molecule has 0 nitrogen and oxygen atoms in total. The molecule has 0 radical (unpaired) electrons. The van der Waals surface area contributed by atoms with Gasteiger partial charge in [-0.05, 0) is 36.3 Å². The third kappa shape index (κ3) is 2.75. The molecule has 1 aliphatic heterocycles. The third-order valence-electron chi connectivity index (χ3n) is 3.31. The van der Waals surface area contributed by atoms with Crippen molar-refractivity contribution in [1.29, 1.82) is 0 Å². The molecule has 0 bridgehead atoms. The highest BCUT2D eigenvalue weighted by Gasteiger charge is 2.23. The van der Waals surface area contributed by atoms with Crippen LogP contribution in [0, 0.1) is 5.92 Å². The predicted octanol–water partition coefficient (Wildman–Crippen LogP) is 4.92. The van der Waals surface area contributed by atoms with E-state index in [-0.39, 0.29) is 0 Å². The summed E-state index contributed by atoms with van der Waals surface area (Å²) in [5.74, 6) is 2.55. The number of thioether (sulfide) groups is 1. The van der Waals surface area contributed by atoms with E-state index in [1.165, 1.54) is 17.1 Å². The Kier molecular flexibility index (Phi) is 4.21. The molecular formula is C14H19ClS. The summed E-state index contributed by atoms with van der Waals surface area (Å²) < 4.78 is 0. The molecule has 0 aliphatic carbocycles. The molecule has 0 amide bonds. The third-order valence-corrected chi connectivity index (χ3v) is 5.29. The van der Waals surface area contributed by atoms with Gasteiger partial charge in [0.25, 0.3) is 0 Å². The van der Waals surface area contributed by atoms with E-state index in [1.807, 2.05) is 11.8 Å². The molecule has 0 N–H and O–H groups in total. The first-order chi connectivity index (χ1) is 7.68. The van der Waals surface area contributed by atoms with Crippen molar-refractivity contribution in [2.75, 3.05) is 5.75 Å². The van der Waals surface area contributed by atoms with Gasteiger partial charge in [0.15, 0.2) is 0 Å². The highest BCUT2D eigenvalue weighted by Crippen LogP contribution is 2.42. The minimum atomic E-state index is 0.331. The molecular weight excluding hydrogens is 236 g/mol. The molecule has 1 heterocycles. The summed E-state index contributed by atoms with van der Waals surface area (Å²) in [7, 11) is 0. The maximum Gasteiger partial charge on any atom is 0.0359 e. The van der Waals surface area contributed by atoms with Crippen molar-refractivity contribution in [3.8, 4) is 0 Å². The number of hydrogen-bond donors (Lipinski definition) is 0. The van der Waals surface area contributed by atoms with E-state index in [9.17, 15) is 0 Å². The van der Waals surface area contributed by atoms with Gasteiger partial charge in [-0.25, -0.2) is 0 Å². The average Bonchev–Trinajstić information content (AvgIpc) is 2.69. The summed E-state index contributed by atoms with van der Waals surface area (Å²) in [6.45, 7) is 4.41. The molecule has 0 spiro atoms. The van der Waals surface area contributed by atoms with E-state index in [4.69, 9.17) is 11.6 Å². The van der Waals surface area contributed by atoms with Crippen molar-refractivity contribution in [2.24, 2.45) is 5.92 Å². The summed E-state index contributed by atoms with van der Waals surface area (Å²) in [6.07, 6.45) is 2.37. The second-order valence-corrected chi connectivity index (χ2v) is 6.51. The molecule has 1 aromatic carbocycles. The number of alkyl halides is 1. The lowest BCUT2D eigenvalue weighted by Crippen LogP contribution is -2.09.